The Hall–Kier alpha value is -1.51. The standard InChI is InChI=1S/C21H19ClINO3S/c1-3-13(2)24-20(25)19(28-21(24)26)11-15-6-9-18(17(23)10-15)27-12-14-4-7-16(22)8-5-14/h4-11,13H,3,12H2,1-2H3/b19-11+/t13-/m0/s1. The molecular formula is C21H19ClINO3S. The van der Waals surface area contributed by atoms with Gasteiger partial charge < -0.3 is 4.74 Å². The van der Waals surface area contributed by atoms with Crippen molar-refractivity contribution in [2.45, 2.75) is 32.9 Å². The van der Waals surface area contributed by atoms with E-state index in [1.165, 1.54) is 4.90 Å². The predicted molar refractivity (Wildman–Crippen MR) is 123 cm³/mol. The molecule has 1 heterocycles. The van der Waals surface area contributed by atoms with Crippen molar-refractivity contribution in [2.24, 2.45) is 0 Å². The highest BCUT2D eigenvalue weighted by molar-refractivity contribution is 14.1. The molecule has 4 nitrogen and oxygen atoms in total. The van der Waals surface area contributed by atoms with Crippen LogP contribution in [0.25, 0.3) is 6.08 Å². The van der Waals surface area contributed by atoms with E-state index in [0.29, 0.717) is 16.5 Å². The van der Waals surface area contributed by atoms with Gasteiger partial charge in [-0.25, -0.2) is 0 Å². The molecule has 146 valence electrons. The van der Waals surface area contributed by atoms with Gasteiger partial charge in [0.25, 0.3) is 11.1 Å². The second-order valence-electron chi connectivity index (χ2n) is 6.41. The van der Waals surface area contributed by atoms with Crippen molar-refractivity contribution in [1.82, 2.24) is 4.90 Å². The summed E-state index contributed by atoms with van der Waals surface area (Å²) in [6, 6.07) is 13.1. The zero-order valence-electron chi connectivity index (χ0n) is 15.4. The molecule has 7 heteroatoms. The molecule has 28 heavy (non-hydrogen) atoms. The third-order valence-electron chi connectivity index (χ3n) is 4.42. The highest BCUT2D eigenvalue weighted by atomic mass is 127. The van der Waals surface area contributed by atoms with Gasteiger partial charge in [-0.1, -0.05) is 36.7 Å². The van der Waals surface area contributed by atoms with Crippen LogP contribution in [0.4, 0.5) is 4.79 Å². The van der Waals surface area contributed by atoms with E-state index in [1.54, 1.807) is 6.08 Å². The van der Waals surface area contributed by atoms with Crippen molar-refractivity contribution in [3.8, 4) is 5.75 Å². The van der Waals surface area contributed by atoms with Crippen molar-refractivity contribution in [3.05, 3.63) is 67.1 Å². The predicted octanol–water partition coefficient (Wildman–Crippen LogP) is 6.36. The van der Waals surface area contributed by atoms with Crippen LogP contribution >= 0.6 is 46.0 Å². The van der Waals surface area contributed by atoms with Crippen molar-refractivity contribution < 1.29 is 14.3 Å². The van der Waals surface area contributed by atoms with Crippen LogP contribution in [-0.2, 0) is 11.4 Å². The van der Waals surface area contributed by atoms with Crippen LogP contribution in [0.2, 0.25) is 5.02 Å². The minimum Gasteiger partial charge on any atom is -0.488 e. The zero-order valence-corrected chi connectivity index (χ0v) is 19.2. The van der Waals surface area contributed by atoms with Crippen molar-refractivity contribution in [3.63, 3.8) is 0 Å². The Morgan fingerprint density at radius 2 is 1.93 bits per heavy atom. The summed E-state index contributed by atoms with van der Waals surface area (Å²) in [4.78, 5) is 26.5. The Labute approximate surface area is 187 Å². The molecule has 1 aliphatic heterocycles. The summed E-state index contributed by atoms with van der Waals surface area (Å²) >= 11 is 9.10. The van der Waals surface area contributed by atoms with Crippen LogP contribution in [0.15, 0.2) is 47.4 Å². The molecule has 0 aromatic heterocycles. The van der Waals surface area contributed by atoms with Gasteiger partial charge in [-0.3, -0.25) is 14.5 Å². The molecule has 0 unspecified atom stereocenters. The number of benzene rings is 2. The maximum atomic E-state index is 12.5. The van der Waals surface area contributed by atoms with Gasteiger partial charge in [-0.2, -0.15) is 0 Å². The molecule has 1 fully saturated rings. The number of hydrogen-bond donors (Lipinski definition) is 0. The molecule has 0 bridgehead atoms. The fraction of sp³-hybridized carbons (Fsp3) is 0.238. The molecule has 3 rings (SSSR count). The molecule has 0 spiro atoms. The second kappa shape index (κ2) is 9.33. The Morgan fingerprint density at radius 3 is 2.57 bits per heavy atom. The van der Waals surface area contributed by atoms with Crippen LogP contribution < -0.4 is 4.74 Å². The van der Waals surface area contributed by atoms with E-state index < -0.39 is 0 Å². The highest BCUT2D eigenvalue weighted by Crippen LogP contribution is 2.35. The van der Waals surface area contributed by atoms with E-state index in [1.807, 2.05) is 56.3 Å². The number of halogens is 2. The maximum Gasteiger partial charge on any atom is 0.293 e. The molecule has 0 N–H and O–H groups in total. The van der Waals surface area contributed by atoms with Gasteiger partial charge in [0.15, 0.2) is 0 Å². The lowest BCUT2D eigenvalue weighted by Crippen LogP contribution is -2.36. The lowest BCUT2D eigenvalue weighted by atomic mass is 10.2. The minimum absolute atomic E-state index is 0.0952. The molecule has 2 aromatic rings. The van der Waals surface area contributed by atoms with Gasteiger partial charge in [0.05, 0.1) is 8.48 Å². The lowest BCUT2D eigenvalue weighted by molar-refractivity contribution is -0.124. The summed E-state index contributed by atoms with van der Waals surface area (Å²) in [6.45, 7) is 4.29. The first-order valence-corrected chi connectivity index (χ1v) is 11.1. The maximum absolute atomic E-state index is 12.5. The van der Waals surface area contributed by atoms with E-state index in [-0.39, 0.29) is 17.2 Å². The molecule has 1 aliphatic rings. The normalized spacial score (nSPS) is 16.7. The number of amides is 2. The summed E-state index contributed by atoms with van der Waals surface area (Å²) < 4.78 is 6.82. The van der Waals surface area contributed by atoms with Crippen LogP contribution in [0.1, 0.15) is 31.4 Å². The van der Waals surface area contributed by atoms with E-state index in [9.17, 15) is 9.59 Å². The summed E-state index contributed by atoms with van der Waals surface area (Å²) in [7, 11) is 0. The third-order valence-corrected chi connectivity index (χ3v) is 6.40. The van der Waals surface area contributed by atoms with Gasteiger partial charge >= 0.3 is 0 Å². The number of hydrogen-bond acceptors (Lipinski definition) is 4. The largest absolute Gasteiger partial charge is 0.488 e. The fourth-order valence-corrected chi connectivity index (χ4v) is 4.41. The van der Waals surface area contributed by atoms with Crippen molar-refractivity contribution in [1.29, 1.82) is 0 Å². The monoisotopic (exact) mass is 527 g/mol. The first-order chi connectivity index (χ1) is 13.4. The average Bonchev–Trinajstić information content (AvgIpc) is 2.95. The second-order valence-corrected chi connectivity index (χ2v) is 9.01. The van der Waals surface area contributed by atoms with Crippen molar-refractivity contribution >= 4 is 63.2 Å². The average molecular weight is 528 g/mol. The molecule has 0 radical (unpaired) electrons. The molecule has 2 amide bonds. The Balaban J connectivity index is 1.72. The smallest absolute Gasteiger partial charge is 0.293 e. The van der Waals surface area contributed by atoms with Gasteiger partial charge in [-0.15, -0.1) is 0 Å². The van der Waals surface area contributed by atoms with Crippen LogP contribution in [-0.4, -0.2) is 22.1 Å². The van der Waals surface area contributed by atoms with Crippen molar-refractivity contribution in [2.75, 3.05) is 0 Å². The van der Waals surface area contributed by atoms with E-state index in [0.717, 1.165) is 38.6 Å². The van der Waals surface area contributed by atoms with Gasteiger partial charge in [0.1, 0.15) is 12.4 Å². The summed E-state index contributed by atoms with van der Waals surface area (Å²) in [5, 5.41) is 0.489. The Morgan fingerprint density at radius 1 is 1.21 bits per heavy atom. The van der Waals surface area contributed by atoms with Crippen LogP contribution in [0, 0.1) is 3.57 Å². The first-order valence-electron chi connectivity index (χ1n) is 8.83. The number of imide groups is 1. The van der Waals surface area contributed by atoms with E-state index >= 15 is 0 Å². The number of rotatable bonds is 6. The number of thioether (sulfide) groups is 1. The SMILES string of the molecule is CC[C@H](C)N1C(=O)S/C(=C/c2ccc(OCc3ccc(Cl)cc3)c(I)c2)C1=O. The highest BCUT2D eigenvalue weighted by Gasteiger charge is 2.37. The number of carbonyl (C=O) groups is 2. The quantitative estimate of drug-likeness (QED) is 0.324. The molecule has 2 aromatic carbocycles. The van der Waals surface area contributed by atoms with Crippen LogP contribution in [0.3, 0.4) is 0 Å². The first kappa shape index (κ1) is 21.2. The van der Waals surface area contributed by atoms with Gasteiger partial charge in [0.2, 0.25) is 0 Å². The molecule has 0 saturated carbocycles. The number of ether oxygens (including phenoxy) is 1. The summed E-state index contributed by atoms with van der Waals surface area (Å²) in [5.74, 6) is 0.544. The van der Waals surface area contributed by atoms with Crippen LogP contribution in [0.5, 0.6) is 5.75 Å². The van der Waals surface area contributed by atoms with E-state index in [2.05, 4.69) is 22.6 Å². The molecule has 0 aliphatic carbocycles. The number of carbonyl (C=O) groups excluding carboxylic acids is 2. The van der Waals surface area contributed by atoms with Gasteiger partial charge in [-0.05, 0) is 89.2 Å². The molecule has 1 atom stereocenters. The third kappa shape index (κ3) is 4.90. The molecule has 1 saturated heterocycles. The number of nitrogens with zero attached hydrogens (tertiary/aromatic N) is 1. The topological polar surface area (TPSA) is 46.6 Å². The Bertz CT molecular complexity index is 930. The lowest BCUT2D eigenvalue weighted by Gasteiger charge is -2.19. The van der Waals surface area contributed by atoms with E-state index in [4.69, 9.17) is 16.3 Å². The summed E-state index contributed by atoms with van der Waals surface area (Å²) in [6.07, 6.45) is 2.50. The Kier molecular flexibility index (Phi) is 7.06. The zero-order chi connectivity index (χ0) is 20.3. The minimum atomic E-state index is -0.220. The summed E-state index contributed by atoms with van der Waals surface area (Å²) in [5.41, 5.74) is 1.89. The van der Waals surface area contributed by atoms with Gasteiger partial charge in [0, 0.05) is 11.1 Å². The fourth-order valence-electron chi connectivity index (χ4n) is 2.66. The molecular weight excluding hydrogens is 509 g/mol.